The summed E-state index contributed by atoms with van der Waals surface area (Å²) in [6.07, 6.45) is 1.54. The van der Waals surface area contributed by atoms with Crippen molar-refractivity contribution in [2.45, 2.75) is 26.1 Å². The molecule has 3 rings (SSSR count). The van der Waals surface area contributed by atoms with E-state index in [1.807, 2.05) is 56.3 Å². The first-order valence-corrected chi connectivity index (χ1v) is 11.4. The highest BCUT2D eigenvalue weighted by Crippen LogP contribution is 2.28. The van der Waals surface area contributed by atoms with Crippen molar-refractivity contribution >= 4 is 39.3 Å². The van der Waals surface area contributed by atoms with Crippen LogP contribution in [0, 0.1) is 25.2 Å². The molecular weight excluding hydrogens is 474 g/mol. The predicted molar refractivity (Wildman–Crippen MR) is 128 cm³/mol. The van der Waals surface area contributed by atoms with E-state index < -0.39 is 5.91 Å². The number of anilines is 1. The Kier molecular flexibility index (Phi) is 7.99. The Bertz CT molecular complexity index is 1130. The number of amides is 1. The second-order valence-corrected chi connectivity index (χ2v) is 8.82. The monoisotopic (exact) mass is 495 g/mol. The third kappa shape index (κ3) is 6.51. The number of hydrogen-bond acceptors (Lipinski definition) is 5. The van der Waals surface area contributed by atoms with E-state index in [9.17, 15) is 10.1 Å². The van der Waals surface area contributed by atoms with Crippen molar-refractivity contribution in [1.82, 2.24) is 5.32 Å². The lowest BCUT2D eigenvalue weighted by Gasteiger charge is -2.14. The number of hydrogen-bond donors (Lipinski definition) is 2. The molecule has 31 heavy (non-hydrogen) atoms. The van der Waals surface area contributed by atoms with E-state index in [0.717, 1.165) is 21.3 Å². The lowest BCUT2D eigenvalue weighted by molar-refractivity contribution is -0.117. The molecule has 0 atom stereocenters. The van der Waals surface area contributed by atoms with Crippen molar-refractivity contribution in [3.05, 3.63) is 98.4 Å². The van der Waals surface area contributed by atoms with E-state index in [1.165, 1.54) is 17.3 Å². The van der Waals surface area contributed by atoms with Crippen LogP contribution in [0.2, 0.25) is 0 Å². The van der Waals surface area contributed by atoms with Gasteiger partial charge in [-0.15, -0.1) is 11.8 Å². The molecule has 0 saturated heterocycles. The molecule has 0 saturated carbocycles. The van der Waals surface area contributed by atoms with Crippen LogP contribution in [0.25, 0.3) is 0 Å². The molecule has 5 nitrogen and oxygen atoms in total. The molecular formula is C24H22BrN3O2S. The van der Waals surface area contributed by atoms with E-state index in [2.05, 4.69) is 32.6 Å². The highest BCUT2D eigenvalue weighted by Gasteiger charge is 2.17. The number of nitrogens with zero attached hydrogens (tertiary/aromatic N) is 1. The minimum absolute atomic E-state index is 0.0322. The summed E-state index contributed by atoms with van der Waals surface area (Å²) in [4.78, 5) is 12.8. The van der Waals surface area contributed by atoms with Crippen LogP contribution in [-0.4, -0.2) is 5.91 Å². The Balaban J connectivity index is 1.85. The van der Waals surface area contributed by atoms with E-state index in [0.29, 0.717) is 16.5 Å². The first-order chi connectivity index (χ1) is 15.0. The van der Waals surface area contributed by atoms with E-state index in [4.69, 9.17) is 4.42 Å². The number of carbonyl (C=O) groups is 1. The number of nitriles is 1. The quantitative estimate of drug-likeness (QED) is 0.293. The van der Waals surface area contributed by atoms with Gasteiger partial charge in [0.25, 0.3) is 5.91 Å². The lowest BCUT2D eigenvalue weighted by Crippen LogP contribution is -2.25. The van der Waals surface area contributed by atoms with Gasteiger partial charge in [-0.25, -0.2) is 0 Å². The zero-order valence-electron chi connectivity index (χ0n) is 17.2. The molecule has 7 heteroatoms. The molecule has 2 N–H and O–H groups in total. The molecule has 1 heterocycles. The van der Waals surface area contributed by atoms with Gasteiger partial charge in [0.2, 0.25) is 0 Å². The zero-order valence-corrected chi connectivity index (χ0v) is 19.6. The summed E-state index contributed by atoms with van der Waals surface area (Å²) >= 11 is 4.89. The first-order valence-electron chi connectivity index (χ1n) is 9.62. The summed E-state index contributed by atoms with van der Waals surface area (Å²) in [5.74, 6) is 0.770. The van der Waals surface area contributed by atoms with Crippen molar-refractivity contribution in [2.24, 2.45) is 0 Å². The van der Waals surface area contributed by atoms with Gasteiger partial charge in [0.05, 0.1) is 17.8 Å². The number of halogens is 1. The van der Waals surface area contributed by atoms with Crippen LogP contribution in [0.1, 0.15) is 22.5 Å². The summed E-state index contributed by atoms with van der Waals surface area (Å²) in [5, 5.41) is 16.3. The molecule has 0 unspecified atom stereocenters. The summed E-state index contributed by atoms with van der Waals surface area (Å²) in [6.45, 7) is 4.28. The molecule has 3 aromatic rings. The summed E-state index contributed by atoms with van der Waals surface area (Å²) in [7, 11) is 0. The molecule has 2 aromatic carbocycles. The largest absolute Gasteiger partial charge is 0.467 e. The summed E-state index contributed by atoms with van der Waals surface area (Å²) in [6, 6.07) is 19.5. The topological polar surface area (TPSA) is 78.1 Å². The van der Waals surface area contributed by atoms with Gasteiger partial charge in [-0.3, -0.25) is 4.79 Å². The average Bonchev–Trinajstić information content (AvgIpc) is 3.27. The smallest absolute Gasteiger partial charge is 0.265 e. The maximum atomic E-state index is 12.8. The normalized spacial score (nSPS) is 11.4. The van der Waals surface area contributed by atoms with Crippen LogP contribution in [0.15, 0.2) is 80.4 Å². The number of thioether (sulfide) groups is 1. The Morgan fingerprint density at radius 3 is 2.65 bits per heavy atom. The van der Waals surface area contributed by atoms with Crippen molar-refractivity contribution in [1.29, 1.82) is 5.26 Å². The molecule has 0 fully saturated rings. The third-order valence-electron chi connectivity index (χ3n) is 4.61. The Labute approximate surface area is 194 Å². The Morgan fingerprint density at radius 1 is 1.13 bits per heavy atom. The van der Waals surface area contributed by atoms with Crippen molar-refractivity contribution in [3.8, 4) is 6.07 Å². The number of benzene rings is 2. The molecule has 0 aliphatic carbocycles. The Hall–Kier alpha value is -2.95. The highest BCUT2D eigenvalue weighted by atomic mass is 79.9. The lowest BCUT2D eigenvalue weighted by atomic mass is 10.1. The second kappa shape index (κ2) is 10.9. The zero-order chi connectivity index (χ0) is 22.2. The van der Waals surface area contributed by atoms with Crippen LogP contribution < -0.4 is 10.6 Å². The highest BCUT2D eigenvalue weighted by molar-refractivity contribution is 9.10. The first kappa shape index (κ1) is 22.7. The SMILES string of the molecule is Cc1ccc(N/C(SCc2cccc(Br)c2)=C(/C#N)C(=O)NCc2ccco2)cc1C. The maximum absolute atomic E-state index is 12.8. The Morgan fingerprint density at radius 2 is 1.97 bits per heavy atom. The minimum Gasteiger partial charge on any atom is -0.467 e. The van der Waals surface area contributed by atoms with Gasteiger partial charge in [-0.05, 0) is 66.9 Å². The van der Waals surface area contributed by atoms with Gasteiger partial charge in [0.15, 0.2) is 0 Å². The molecule has 0 radical (unpaired) electrons. The standard InChI is InChI=1S/C24H22BrN3O2S/c1-16-8-9-20(11-17(16)2)28-24(31-15-18-5-3-6-19(25)12-18)22(13-26)23(29)27-14-21-7-4-10-30-21/h3-12,28H,14-15H2,1-2H3,(H,27,29)/b24-22+. The van der Waals surface area contributed by atoms with Crippen LogP contribution in [0.5, 0.6) is 0 Å². The summed E-state index contributed by atoms with van der Waals surface area (Å²) < 4.78 is 6.24. The van der Waals surface area contributed by atoms with Crippen molar-refractivity contribution in [3.63, 3.8) is 0 Å². The fourth-order valence-corrected chi connectivity index (χ4v) is 4.19. The van der Waals surface area contributed by atoms with Crippen LogP contribution in [0.3, 0.4) is 0 Å². The van der Waals surface area contributed by atoms with Gasteiger partial charge in [0.1, 0.15) is 17.4 Å². The molecule has 158 valence electrons. The van der Waals surface area contributed by atoms with Crippen LogP contribution in [0.4, 0.5) is 5.69 Å². The van der Waals surface area contributed by atoms with Crippen LogP contribution in [-0.2, 0) is 17.1 Å². The number of furan rings is 1. The molecule has 0 bridgehead atoms. The number of nitrogens with one attached hydrogen (secondary N) is 2. The van der Waals surface area contributed by atoms with E-state index in [1.54, 1.807) is 18.4 Å². The maximum Gasteiger partial charge on any atom is 0.265 e. The molecule has 0 aliphatic heterocycles. The number of carbonyl (C=O) groups excluding carboxylic acids is 1. The van der Waals surface area contributed by atoms with Crippen molar-refractivity contribution < 1.29 is 9.21 Å². The van der Waals surface area contributed by atoms with E-state index >= 15 is 0 Å². The molecule has 0 spiro atoms. The van der Waals surface area contributed by atoms with E-state index in [-0.39, 0.29) is 12.1 Å². The van der Waals surface area contributed by atoms with Gasteiger partial charge in [0, 0.05) is 15.9 Å². The molecule has 0 aliphatic rings. The molecule has 1 amide bonds. The second-order valence-electron chi connectivity index (χ2n) is 6.92. The summed E-state index contributed by atoms with van der Waals surface area (Å²) in [5.41, 5.74) is 4.24. The molecule has 1 aromatic heterocycles. The minimum atomic E-state index is -0.452. The van der Waals surface area contributed by atoms with Gasteiger partial charge >= 0.3 is 0 Å². The fourth-order valence-electron chi connectivity index (χ4n) is 2.78. The predicted octanol–water partition coefficient (Wildman–Crippen LogP) is 6.06. The fraction of sp³-hybridized carbons (Fsp3) is 0.167. The number of aryl methyl sites for hydroxylation is 2. The number of rotatable bonds is 8. The third-order valence-corrected chi connectivity index (χ3v) is 6.17. The van der Waals surface area contributed by atoms with Gasteiger partial charge in [-0.1, -0.05) is 34.1 Å². The average molecular weight is 496 g/mol. The van der Waals surface area contributed by atoms with Gasteiger partial charge in [-0.2, -0.15) is 5.26 Å². The van der Waals surface area contributed by atoms with Crippen LogP contribution >= 0.6 is 27.7 Å². The van der Waals surface area contributed by atoms with Gasteiger partial charge < -0.3 is 15.1 Å². The van der Waals surface area contributed by atoms with Crippen molar-refractivity contribution in [2.75, 3.05) is 5.32 Å².